The van der Waals surface area contributed by atoms with Crippen LogP contribution in [0.3, 0.4) is 0 Å². The Morgan fingerprint density at radius 3 is 3.17 bits per heavy atom. The molecular weight excluding hydrogens is 226 g/mol. The molecule has 0 aromatic carbocycles. The van der Waals surface area contributed by atoms with Gasteiger partial charge in [-0.2, -0.15) is 0 Å². The van der Waals surface area contributed by atoms with Crippen LogP contribution >= 0.6 is 0 Å². The zero-order chi connectivity index (χ0) is 12.4. The van der Waals surface area contributed by atoms with Gasteiger partial charge in [0.05, 0.1) is 17.4 Å². The predicted octanol–water partition coefficient (Wildman–Crippen LogP) is 1.83. The van der Waals surface area contributed by atoms with Crippen LogP contribution in [-0.4, -0.2) is 28.3 Å². The SMILES string of the molecule is O=Cc1cccc2cnc(CC3CCCCN3)n12. The number of fused-ring (bicyclic) bond motifs is 1. The van der Waals surface area contributed by atoms with Gasteiger partial charge in [0.1, 0.15) is 5.82 Å². The number of piperidine rings is 1. The van der Waals surface area contributed by atoms with Crippen molar-refractivity contribution in [1.29, 1.82) is 0 Å². The third-order valence-electron chi connectivity index (χ3n) is 3.62. The van der Waals surface area contributed by atoms with Gasteiger partial charge in [-0.25, -0.2) is 4.98 Å². The maximum absolute atomic E-state index is 11.1. The molecule has 94 valence electrons. The molecule has 1 aliphatic heterocycles. The summed E-state index contributed by atoms with van der Waals surface area (Å²) in [7, 11) is 0. The van der Waals surface area contributed by atoms with Crippen molar-refractivity contribution < 1.29 is 4.79 Å². The van der Waals surface area contributed by atoms with E-state index in [1.807, 2.05) is 28.8 Å². The molecule has 1 saturated heterocycles. The zero-order valence-electron chi connectivity index (χ0n) is 10.3. The Balaban J connectivity index is 1.93. The smallest absolute Gasteiger partial charge is 0.166 e. The second-order valence-corrected chi connectivity index (χ2v) is 4.85. The fourth-order valence-corrected chi connectivity index (χ4v) is 2.70. The molecule has 1 N–H and O–H groups in total. The highest BCUT2D eigenvalue weighted by atomic mass is 16.1. The number of imidazole rings is 1. The first kappa shape index (κ1) is 11.4. The van der Waals surface area contributed by atoms with Crippen molar-refractivity contribution in [3.8, 4) is 0 Å². The minimum Gasteiger partial charge on any atom is -0.314 e. The molecule has 0 spiro atoms. The number of hydrogen-bond acceptors (Lipinski definition) is 3. The van der Waals surface area contributed by atoms with Crippen molar-refractivity contribution in [2.45, 2.75) is 31.7 Å². The van der Waals surface area contributed by atoms with Gasteiger partial charge in [-0.15, -0.1) is 0 Å². The maximum Gasteiger partial charge on any atom is 0.166 e. The molecule has 2 aromatic rings. The van der Waals surface area contributed by atoms with Gasteiger partial charge in [-0.3, -0.25) is 9.20 Å². The van der Waals surface area contributed by atoms with Gasteiger partial charge in [-0.1, -0.05) is 12.5 Å². The van der Waals surface area contributed by atoms with Crippen LogP contribution in [0.4, 0.5) is 0 Å². The van der Waals surface area contributed by atoms with E-state index < -0.39 is 0 Å². The summed E-state index contributed by atoms with van der Waals surface area (Å²) in [6.45, 7) is 1.09. The number of hydrogen-bond donors (Lipinski definition) is 1. The van der Waals surface area contributed by atoms with E-state index in [-0.39, 0.29) is 0 Å². The van der Waals surface area contributed by atoms with E-state index in [2.05, 4.69) is 10.3 Å². The van der Waals surface area contributed by atoms with Crippen LogP contribution in [0.1, 0.15) is 35.6 Å². The van der Waals surface area contributed by atoms with Crippen molar-refractivity contribution >= 4 is 11.8 Å². The minimum atomic E-state index is 0.490. The number of rotatable bonds is 3. The Bertz CT molecular complexity index is 555. The molecule has 1 aliphatic rings. The summed E-state index contributed by atoms with van der Waals surface area (Å²) < 4.78 is 1.96. The number of aldehydes is 1. The van der Waals surface area contributed by atoms with Crippen LogP contribution in [-0.2, 0) is 6.42 Å². The third-order valence-corrected chi connectivity index (χ3v) is 3.62. The maximum atomic E-state index is 11.1. The van der Waals surface area contributed by atoms with Crippen molar-refractivity contribution in [2.24, 2.45) is 0 Å². The number of nitrogens with one attached hydrogen (secondary N) is 1. The highest BCUT2D eigenvalue weighted by Crippen LogP contribution is 2.15. The number of nitrogens with zero attached hydrogens (tertiary/aromatic N) is 2. The summed E-state index contributed by atoms with van der Waals surface area (Å²) in [6.07, 6.45) is 7.36. The van der Waals surface area contributed by atoms with Crippen LogP contribution in [0.15, 0.2) is 24.4 Å². The molecule has 0 radical (unpaired) electrons. The average molecular weight is 243 g/mol. The van der Waals surface area contributed by atoms with E-state index in [1.54, 1.807) is 0 Å². The highest BCUT2D eigenvalue weighted by molar-refractivity contribution is 5.74. The van der Waals surface area contributed by atoms with Crippen LogP contribution in [0.25, 0.3) is 5.52 Å². The highest BCUT2D eigenvalue weighted by Gasteiger charge is 2.16. The fraction of sp³-hybridized carbons (Fsp3) is 0.429. The zero-order valence-corrected chi connectivity index (χ0v) is 10.3. The van der Waals surface area contributed by atoms with E-state index in [4.69, 9.17) is 0 Å². The predicted molar refractivity (Wildman–Crippen MR) is 69.9 cm³/mol. The molecule has 4 heteroatoms. The number of carbonyl (C=O) groups excluding carboxylic acids is 1. The molecule has 0 saturated carbocycles. The first-order chi connectivity index (χ1) is 8.88. The molecule has 3 heterocycles. The van der Waals surface area contributed by atoms with Gasteiger partial charge in [0.15, 0.2) is 6.29 Å². The monoisotopic (exact) mass is 243 g/mol. The molecule has 2 aromatic heterocycles. The molecule has 0 amide bonds. The number of carbonyl (C=O) groups is 1. The van der Waals surface area contributed by atoms with Crippen LogP contribution in [0.2, 0.25) is 0 Å². The van der Waals surface area contributed by atoms with E-state index in [1.165, 1.54) is 19.3 Å². The van der Waals surface area contributed by atoms with E-state index in [9.17, 15) is 4.79 Å². The van der Waals surface area contributed by atoms with Gasteiger partial charge in [0.25, 0.3) is 0 Å². The van der Waals surface area contributed by atoms with Crippen LogP contribution in [0, 0.1) is 0 Å². The van der Waals surface area contributed by atoms with Crippen LogP contribution in [0.5, 0.6) is 0 Å². The average Bonchev–Trinajstić information content (AvgIpc) is 2.83. The van der Waals surface area contributed by atoms with Crippen molar-refractivity contribution in [2.75, 3.05) is 6.54 Å². The summed E-state index contributed by atoms with van der Waals surface area (Å²) in [5, 5.41) is 3.52. The van der Waals surface area contributed by atoms with Crippen molar-refractivity contribution in [3.63, 3.8) is 0 Å². The molecular formula is C14H17N3O. The van der Waals surface area contributed by atoms with Crippen LogP contribution < -0.4 is 5.32 Å². The lowest BCUT2D eigenvalue weighted by Gasteiger charge is -2.22. The number of pyridine rings is 1. The number of aromatic nitrogens is 2. The van der Waals surface area contributed by atoms with Gasteiger partial charge >= 0.3 is 0 Å². The lowest BCUT2D eigenvalue weighted by Crippen LogP contribution is -2.36. The topological polar surface area (TPSA) is 46.4 Å². The first-order valence-corrected chi connectivity index (χ1v) is 6.52. The Kier molecular flexibility index (Phi) is 3.11. The second kappa shape index (κ2) is 4.90. The second-order valence-electron chi connectivity index (χ2n) is 4.85. The van der Waals surface area contributed by atoms with Gasteiger partial charge in [0.2, 0.25) is 0 Å². The molecule has 1 fully saturated rings. The first-order valence-electron chi connectivity index (χ1n) is 6.52. The normalized spacial score (nSPS) is 20.1. The van der Waals surface area contributed by atoms with E-state index >= 15 is 0 Å². The molecule has 18 heavy (non-hydrogen) atoms. The van der Waals surface area contributed by atoms with Gasteiger partial charge in [-0.05, 0) is 31.5 Å². The Hall–Kier alpha value is -1.68. The minimum absolute atomic E-state index is 0.490. The molecule has 4 nitrogen and oxygen atoms in total. The van der Waals surface area contributed by atoms with Crippen molar-refractivity contribution in [3.05, 3.63) is 35.9 Å². The summed E-state index contributed by atoms with van der Waals surface area (Å²) in [4.78, 5) is 15.6. The lowest BCUT2D eigenvalue weighted by molar-refractivity contribution is 0.111. The third kappa shape index (κ3) is 2.04. The lowest BCUT2D eigenvalue weighted by atomic mass is 10.0. The molecule has 1 atom stereocenters. The van der Waals surface area contributed by atoms with Gasteiger partial charge in [0, 0.05) is 12.5 Å². The van der Waals surface area contributed by atoms with Gasteiger partial charge < -0.3 is 5.32 Å². The largest absolute Gasteiger partial charge is 0.314 e. The summed E-state index contributed by atoms with van der Waals surface area (Å²) in [5.74, 6) is 0.979. The molecule has 1 unspecified atom stereocenters. The van der Waals surface area contributed by atoms with E-state index in [0.717, 1.165) is 30.6 Å². The quantitative estimate of drug-likeness (QED) is 0.837. The Labute approximate surface area is 106 Å². The molecule has 0 bridgehead atoms. The van der Waals surface area contributed by atoms with Crippen molar-refractivity contribution in [1.82, 2.24) is 14.7 Å². The Morgan fingerprint density at radius 1 is 1.44 bits per heavy atom. The fourth-order valence-electron chi connectivity index (χ4n) is 2.70. The summed E-state index contributed by atoms with van der Waals surface area (Å²) >= 11 is 0. The summed E-state index contributed by atoms with van der Waals surface area (Å²) in [6, 6.07) is 6.20. The summed E-state index contributed by atoms with van der Waals surface area (Å²) in [5.41, 5.74) is 1.67. The van der Waals surface area contributed by atoms with E-state index in [0.29, 0.717) is 11.7 Å². The Morgan fingerprint density at radius 2 is 2.39 bits per heavy atom. The molecule has 0 aliphatic carbocycles. The molecule has 3 rings (SSSR count). The standard InChI is InChI=1S/C14H17N3O/c18-10-13-6-3-5-12-9-16-14(17(12)13)8-11-4-1-2-7-15-11/h3,5-6,9-11,15H,1-2,4,7-8H2.